The highest BCUT2D eigenvalue weighted by Crippen LogP contribution is 2.25. The second kappa shape index (κ2) is 9.09. The number of benzene rings is 3. The number of anilines is 1. The van der Waals surface area contributed by atoms with Crippen LogP contribution in [0.1, 0.15) is 15.9 Å². The fourth-order valence-corrected chi connectivity index (χ4v) is 2.98. The number of ether oxygens (including phenoxy) is 2. The van der Waals surface area contributed by atoms with Crippen molar-refractivity contribution in [3.63, 3.8) is 0 Å². The molecule has 1 amide bonds. The summed E-state index contributed by atoms with van der Waals surface area (Å²) in [5.74, 6) is 1.95. The van der Waals surface area contributed by atoms with Crippen molar-refractivity contribution in [1.29, 1.82) is 0 Å². The predicted molar refractivity (Wildman–Crippen MR) is 120 cm³/mol. The lowest BCUT2D eigenvalue weighted by atomic mass is 10.1. The highest BCUT2D eigenvalue weighted by Gasteiger charge is 2.10. The lowest BCUT2D eigenvalue weighted by Gasteiger charge is -2.10. The minimum absolute atomic E-state index is 0.236. The summed E-state index contributed by atoms with van der Waals surface area (Å²) >= 11 is 0. The Morgan fingerprint density at radius 3 is 2.39 bits per heavy atom. The molecule has 4 rings (SSSR count). The van der Waals surface area contributed by atoms with Gasteiger partial charge in [0.15, 0.2) is 5.82 Å². The molecule has 0 radical (unpaired) electrons. The van der Waals surface area contributed by atoms with E-state index in [4.69, 9.17) is 9.47 Å². The molecule has 0 bridgehead atoms. The van der Waals surface area contributed by atoms with E-state index in [1.54, 1.807) is 55.8 Å². The molecule has 0 fully saturated rings. The average molecular weight is 411 g/mol. The molecule has 0 saturated carbocycles. The molecule has 0 aliphatic carbocycles. The van der Waals surface area contributed by atoms with Crippen molar-refractivity contribution in [3.8, 4) is 28.8 Å². The third-order valence-corrected chi connectivity index (χ3v) is 4.63. The van der Waals surface area contributed by atoms with Crippen LogP contribution in [0.4, 0.5) is 5.69 Å². The van der Waals surface area contributed by atoms with Gasteiger partial charge in [-0.25, -0.2) is 4.98 Å². The van der Waals surface area contributed by atoms with Crippen molar-refractivity contribution >= 4 is 11.6 Å². The van der Waals surface area contributed by atoms with E-state index >= 15 is 0 Å². The van der Waals surface area contributed by atoms with Gasteiger partial charge >= 0.3 is 0 Å². The Hall–Kier alpha value is -4.19. The molecule has 0 unspecified atom stereocenters. The first-order chi connectivity index (χ1) is 15.1. The first-order valence-electron chi connectivity index (χ1n) is 9.75. The number of carbonyl (C=O) groups excluding carboxylic acids is 1. The second-order valence-electron chi connectivity index (χ2n) is 6.87. The first kappa shape index (κ1) is 20.1. The first-order valence-corrected chi connectivity index (χ1v) is 9.75. The molecule has 0 atom stereocenters. The Morgan fingerprint density at radius 1 is 0.903 bits per heavy atom. The molecular formula is C25H21N3O3. The van der Waals surface area contributed by atoms with Crippen LogP contribution in [0.25, 0.3) is 11.4 Å². The predicted octanol–water partition coefficient (Wildman–Crippen LogP) is 5.51. The van der Waals surface area contributed by atoms with E-state index in [0.29, 0.717) is 34.5 Å². The van der Waals surface area contributed by atoms with E-state index in [-0.39, 0.29) is 5.91 Å². The van der Waals surface area contributed by atoms with Gasteiger partial charge in [-0.2, -0.15) is 4.98 Å². The van der Waals surface area contributed by atoms with Crippen LogP contribution in [0.5, 0.6) is 17.4 Å². The van der Waals surface area contributed by atoms with Gasteiger partial charge in [0.1, 0.15) is 11.5 Å². The smallest absolute Gasteiger partial charge is 0.255 e. The maximum absolute atomic E-state index is 12.5. The van der Waals surface area contributed by atoms with Gasteiger partial charge in [0, 0.05) is 23.4 Å². The number of nitrogens with zero attached hydrogens (tertiary/aromatic N) is 2. The Labute approximate surface area is 180 Å². The maximum atomic E-state index is 12.5. The van der Waals surface area contributed by atoms with E-state index in [1.807, 2.05) is 43.3 Å². The van der Waals surface area contributed by atoms with Gasteiger partial charge in [-0.05, 0) is 43.3 Å². The number of amides is 1. The van der Waals surface area contributed by atoms with Crippen molar-refractivity contribution in [2.75, 3.05) is 12.4 Å². The minimum Gasteiger partial charge on any atom is -0.495 e. The van der Waals surface area contributed by atoms with Crippen LogP contribution in [0.2, 0.25) is 0 Å². The average Bonchev–Trinajstić information content (AvgIpc) is 2.80. The minimum atomic E-state index is -0.236. The van der Waals surface area contributed by atoms with Gasteiger partial charge in [0.25, 0.3) is 5.91 Å². The van der Waals surface area contributed by atoms with Crippen LogP contribution in [0, 0.1) is 6.92 Å². The Kier molecular flexibility index (Phi) is 5.89. The molecule has 6 heteroatoms. The number of hydrogen-bond acceptors (Lipinski definition) is 5. The summed E-state index contributed by atoms with van der Waals surface area (Å²) in [7, 11) is 1.56. The third kappa shape index (κ3) is 4.87. The molecule has 154 valence electrons. The molecule has 0 aliphatic heterocycles. The van der Waals surface area contributed by atoms with E-state index in [1.165, 1.54) is 5.56 Å². The molecule has 1 aromatic heterocycles. The van der Waals surface area contributed by atoms with Crippen LogP contribution >= 0.6 is 0 Å². The summed E-state index contributed by atoms with van der Waals surface area (Å²) < 4.78 is 11.1. The zero-order chi connectivity index (χ0) is 21.6. The van der Waals surface area contributed by atoms with E-state index < -0.39 is 0 Å². The van der Waals surface area contributed by atoms with E-state index in [2.05, 4.69) is 15.3 Å². The van der Waals surface area contributed by atoms with Gasteiger partial charge in [-0.1, -0.05) is 42.0 Å². The number of methoxy groups -OCH3 is 1. The molecule has 0 saturated heterocycles. The van der Waals surface area contributed by atoms with Gasteiger partial charge in [-0.3, -0.25) is 4.79 Å². The molecule has 1 N–H and O–H groups in total. The van der Waals surface area contributed by atoms with E-state index in [9.17, 15) is 4.79 Å². The molecule has 4 aromatic rings. The van der Waals surface area contributed by atoms with Crippen molar-refractivity contribution in [1.82, 2.24) is 9.97 Å². The second-order valence-corrected chi connectivity index (χ2v) is 6.87. The summed E-state index contributed by atoms with van der Waals surface area (Å²) in [6.07, 6.45) is 1.66. The van der Waals surface area contributed by atoms with Crippen molar-refractivity contribution in [2.45, 2.75) is 6.92 Å². The monoisotopic (exact) mass is 411 g/mol. The normalized spacial score (nSPS) is 10.4. The number of rotatable bonds is 6. The molecule has 3 aromatic carbocycles. The molecule has 31 heavy (non-hydrogen) atoms. The fourth-order valence-electron chi connectivity index (χ4n) is 2.98. The lowest BCUT2D eigenvalue weighted by molar-refractivity contribution is 0.102. The Balaban J connectivity index is 1.46. The van der Waals surface area contributed by atoms with Crippen LogP contribution in [0.15, 0.2) is 85.1 Å². The molecule has 6 nitrogen and oxygen atoms in total. The Morgan fingerprint density at radius 2 is 1.65 bits per heavy atom. The van der Waals surface area contributed by atoms with Gasteiger partial charge in [0.2, 0.25) is 5.88 Å². The summed E-state index contributed by atoms with van der Waals surface area (Å²) in [6.45, 7) is 2.03. The maximum Gasteiger partial charge on any atom is 0.255 e. The fraction of sp³-hybridized carbons (Fsp3) is 0.0800. The van der Waals surface area contributed by atoms with Crippen LogP contribution in [-0.4, -0.2) is 23.0 Å². The van der Waals surface area contributed by atoms with Gasteiger partial charge in [0.05, 0.1) is 12.8 Å². The van der Waals surface area contributed by atoms with Gasteiger partial charge in [-0.15, -0.1) is 0 Å². The zero-order valence-corrected chi connectivity index (χ0v) is 17.2. The number of aryl methyl sites for hydroxylation is 1. The number of hydrogen-bond donors (Lipinski definition) is 1. The summed E-state index contributed by atoms with van der Waals surface area (Å²) in [5, 5.41) is 2.85. The van der Waals surface area contributed by atoms with Crippen molar-refractivity contribution < 1.29 is 14.3 Å². The number of aromatic nitrogens is 2. The molecule has 0 aliphatic rings. The number of para-hydroxylation sites is 2. The van der Waals surface area contributed by atoms with Crippen LogP contribution < -0.4 is 14.8 Å². The molecule has 0 spiro atoms. The highest BCUT2D eigenvalue weighted by molar-refractivity contribution is 6.05. The zero-order valence-electron chi connectivity index (χ0n) is 17.2. The summed E-state index contributed by atoms with van der Waals surface area (Å²) in [6, 6.07) is 23.8. The van der Waals surface area contributed by atoms with Crippen LogP contribution in [0.3, 0.4) is 0 Å². The third-order valence-electron chi connectivity index (χ3n) is 4.63. The SMILES string of the molecule is COc1ccccc1NC(=O)c1ccc(Oc2ccnc(-c3ccc(C)cc3)n2)cc1. The quantitative estimate of drug-likeness (QED) is 0.453. The summed E-state index contributed by atoms with van der Waals surface area (Å²) in [5.41, 5.74) is 3.20. The van der Waals surface area contributed by atoms with Crippen molar-refractivity contribution in [3.05, 3.63) is 96.2 Å². The highest BCUT2D eigenvalue weighted by atomic mass is 16.5. The van der Waals surface area contributed by atoms with Crippen LogP contribution in [-0.2, 0) is 0 Å². The largest absolute Gasteiger partial charge is 0.495 e. The van der Waals surface area contributed by atoms with Gasteiger partial charge < -0.3 is 14.8 Å². The standard InChI is InChI=1S/C25H21N3O3/c1-17-7-9-18(10-8-17)24-26-16-15-23(28-24)31-20-13-11-19(12-14-20)25(29)27-21-5-3-4-6-22(21)30-2/h3-16H,1-2H3,(H,27,29). The topological polar surface area (TPSA) is 73.3 Å². The number of carbonyl (C=O) groups is 1. The lowest BCUT2D eigenvalue weighted by Crippen LogP contribution is -2.12. The van der Waals surface area contributed by atoms with E-state index in [0.717, 1.165) is 5.56 Å². The Bertz CT molecular complexity index is 1190. The number of nitrogens with one attached hydrogen (secondary N) is 1. The molecular weight excluding hydrogens is 390 g/mol. The molecule has 1 heterocycles. The summed E-state index contributed by atoms with van der Waals surface area (Å²) in [4.78, 5) is 21.3. The van der Waals surface area contributed by atoms with Crippen molar-refractivity contribution in [2.24, 2.45) is 0 Å².